The van der Waals surface area contributed by atoms with E-state index in [1.807, 2.05) is 39.0 Å². The van der Waals surface area contributed by atoms with Gasteiger partial charge in [0.2, 0.25) is 0 Å². The summed E-state index contributed by atoms with van der Waals surface area (Å²) in [6.07, 6.45) is 1.22. The molecular weight excluding hydrogens is 293 g/mol. The minimum absolute atomic E-state index is 0.290. The van der Waals surface area contributed by atoms with Crippen molar-refractivity contribution in [2.24, 2.45) is 0 Å². The summed E-state index contributed by atoms with van der Waals surface area (Å²) in [5.41, 5.74) is 1.35. The molecule has 3 nitrogen and oxygen atoms in total. The van der Waals surface area contributed by atoms with Crippen LogP contribution in [0.5, 0.6) is 0 Å². The Bertz CT molecular complexity index is 874. The van der Waals surface area contributed by atoms with Gasteiger partial charge in [0.25, 0.3) is 0 Å². The van der Waals surface area contributed by atoms with Crippen LogP contribution in [0.3, 0.4) is 0 Å². The molecule has 0 aliphatic rings. The molecule has 118 valence electrons. The Labute approximate surface area is 134 Å². The molecule has 1 aromatic heterocycles. The van der Waals surface area contributed by atoms with Gasteiger partial charge in [-0.05, 0) is 44.5 Å². The minimum atomic E-state index is -0.573. The Hall–Kier alpha value is -2.62. The van der Waals surface area contributed by atoms with Crippen molar-refractivity contribution in [1.82, 2.24) is 4.57 Å². The first kappa shape index (κ1) is 15.3. The average molecular weight is 311 g/mol. The molecule has 2 aromatic carbocycles. The van der Waals surface area contributed by atoms with E-state index in [0.29, 0.717) is 11.1 Å². The van der Waals surface area contributed by atoms with E-state index >= 15 is 0 Å². The summed E-state index contributed by atoms with van der Waals surface area (Å²) >= 11 is 0. The molecule has 0 amide bonds. The third-order valence-electron chi connectivity index (χ3n) is 3.47. The summed E-state index contributed by atoms with van der Waals surface area (Å²) in [6, 6.07) is 13.9. The molecule has 0 saturated carbocycles. The van der Waals surface area contributed by atoms with Gasteiger partial charge in [-0.15, -0.1) is 0 Å². The van der Waals surface area contributed by atoms with Crippen LogP contribution in [0.4, 0.5) is 9.18 Å². The van der Waals surface area contributed by atoms with Gasteiger partial charge in [-0.1, -0.05) is 30.3 Å². The number of benzene rings is 2. The van der Waals surface area contributed by atoms with Crippen LogP contribution in [-0.2, 0) is 4.74 Å². The Morgan fingerprint density at radius 3 is 2.52 bits per heavy atom. The van der Waals surface area contributed by atoms with Crippen molar-refractivity contribution in [2.75, 3.05) is 0 Å². The van der Waals surface area contributed by atoms with Gasteiger partial charge in [0.15, 0.2) is 0 Å². The molecule has 0 bridgehead atoms. The maximum Gasteiger partial charge on any atom is 0.418 e. The van der Waals surface area contributed by atoms with E-state index in [-0.39, 0.29) is 5.82 Å². The third kappa shape index (κ3) is 3.11. The van der Waals surface area contributed by atoms with Gasteiger partial charge < -0.3 is 4.74 Å². The number of carbonyl (C=O) groups excluding carboxylic acids is 1. The fourth-order valence-corrected chi connectivity index (χ4v) is 2.46. The number of ether oxygens (including phenoxy) is 1. The van der Waals surface area contributed by atoms with E-state index < -0.39 is 11.7 Å². The number of halogens is 1. The van der Waals surface area contributed by atoms with Gasteiger partial charge in [0.05, 0.1) is 5.52 Å². The Morgan fingerprint density at radius 2 is 1.83 bits per heavy atom. The zero-order valence-electron chi connectivity index (χ0n) is 13.3. The third-order valence-corrected chi connectivity index (χ3v) is 3.47. The number of aromatic nitrogens is 1. The number of nitrogens with zero attached hydrogens (tertiary/aromatic N) is 1. The molecule has 0 saturated heterocycles. The topological polar surface area (TPSA) is 31.2 Å². The van der Waals surface area contributed by atoms with Crippen molar-refractivity contribution in [3.8, 4) is 11.1 Å². The summed E-state index contributed by atoms with van der Waals surface area (Å²) < 4.78 is 20.8. The van der Waals surface area contributed by atoms with Gasteiger partial charge >= 0.3 is 6.09 Å². The molecule has 0 atom stereocenters. The van der Waals surface area contributed by atoms with Crippen molar-refractivity contribution in [3.05, 3.63) is 60.5 Å². The predicted octanol–water partition coefficient (Wildman–Crippen LogP) is 5.23. The van der Waals surface area contributed by atoms with E-state index in [1.165, 1.54) is 10.6 Å². The first-order valence-corrected chi connectivity index (χ1v) is 7.44. The van der Waals surface area contributed by atoms with Gasteiger partial charge in [-0.3, -0.25) is 4.57 Å². The molecule has 3 rings (SSSR count). The lowest BCUT2D eigenvalue weighted by atomic mass is 10.0. The van der Waals surface area contributed by atoms with Gasteiger partial charge in [0.1, 0.15) is 11.4 Å². The number of hydrogen-bond donors (Lipinski definition) is 0. The fraction of sp³-hybridized carbons (Fsp3) is 0.211. The normalized spacial score (nSPS) is 11.7. The van der Waals surface area contributed by atoms with Crippen LogP contribution in [0.2, 0.25) is 0 Å². The Morgan fingerprint density at radius 1 is 1.09 bits per heavy atom. The van der Waals surface area contributed by atoms with E-state index in [9.17, 15) is 9.18 Å². The highest BCUT2D eigenvalue weighted by molar-refractivity contribution is 5.92. The number of fused-ring (bicyclic) bond motifs is 1. The molecule has 0 radical (unpaired) electrons. The largest absolute Gasteiger partial charge is 0.443 e. The first-order valence-electron chi connectivity index (χ1n) is 7.44. The molecule has 0 unspecified atom stereocenters. The molecule has 0 aliphatic heterocycles. The second kappa shape index (κ2) is 5.54. The summed E-state index contributed by atoms with van der Waals surface area (Å²) in [7, 11) is 0. The average Bonchev–Trinajstić information content (AvgIpc) is 2.89. The first-order chi connectivity index (χ1) is 10.8. The standard InChI is InChI=1S/C19H18FNO2/c1-19(2,3)23-18(22)21-11-10-13-8-9-14(12-17(13)21)15-6-4-5-7-16(15)20/h4-12H,1-3H3. The molecule has 0 spiro atoms. The van der Waals surface area contributed by atoms with Gasteiger partial charge in [-0.25, -0.2) is 9.18 Å². The molecule has 0 N–H and O–H groups in total. The van der Waals surface area contributed by atoms with Gasteiger partial charge in [0, 0.05) is 17.1 Å². The number of carbonyl (C=O) groups is 1. The van der Waals surface area contributed by atoms with Crippen LogP contribution in [0, 0.1) is 5.82 Å². The quantitative estimate of drug-likeness (QED) is 0.616. The summed E-state index contributed by atoms with van der Waals surface area (Å²) in [5, 5.41) is 0.899. The van der Waals surface area contributed by atoms with Crippen molar-refractivity contribution >= 4 is 17.0 Å². The SMILES string of the molecule is CC(C)(C)OC(=O)n1ccc2ccc(-c3ccccc3F)cc21. The Kier molecular flexibility index (Phi) is 3.68. The van der Waals surface area contributed by atoms with Crippen LogP contribution < -0.4 is 0 Å². The number of rotatable bonds is 1. The maximum absolute atomic E-state index is 14.0. The van der Waals surface area contributed by atoms with Gasteiger partial charge in [-0.2, -0.15) is 0 Å². The van der Waals surface area contributed by atoms with Crippen LogP contribution in [0.25, 0.3) is 22.0 Å². The highest BCUT2D eigenvalue weighted by Crippen LogP contribution is 2.27. The highest BCUT2D eigenvalue weighted by atomic mass is 19.1. The Balaban J connectivity index is 2.07. The van der Waals surface area contributed by atoms with Crippen LogP contribution in [0.15, 0.2) is 54.7 Å². The molecular formula is C19H18FNO2. The molecule has 23 heavy (non-hydrogen) atoms. The zero-order chi connectivity index (χ0) is 16.6. The minimum Gasteiger partial charge on any atom is -0.443 e. The van der Waals surface area contributed by atoms with E-state index in [4.69, 9.17) is 4.74 Å². The van der Waals surface area contributed by atoms with Crippen molar-refractivity contribution < 1.29 is 13.9 Å². The van der Waals surface area contributed by atoms with E-state index in [2.05, 4.69) is 0 Å². The van der Waals surface area contributed by atoms with Crippen molar-refractivity contribution in [2.45, 2.75) is 26.4 Å². The maximum atomic E-state index is 14.0. The fourth-order valence-electron chi connectivity index (χ4n) is 2.46. The lowest BCUT2D eigenvalue weighted by molar-refractivity contribution is 0.0544. The zero-order valence-corrected chi connectivity index (χ0v) is 13.3. The van der Waals surface area contributed by atoms with Crippen LogP contribution in [-0.4, -0.2) is 16.3 Å². The van der Waals surface area contributed by atoms with Crippen molar-refractivity contribution in [1.29, 1.82) is 0 Å². The van der Waals surface area contributed by atoms with E-state index in [1.54, 1.807) is 30.5 Å². The van der Waals surface area contributed by atoms with Crippen LogP contribution in [0.1, 0.15) is 20.8 Å². The predicted molar refractivity (Wildman–Crippen MR) is 89.0 cm³/mol. The second-order valence-corrected chi connectivity index (χ2v) is 6.42. The lowest BCUT2D eigenvalue weighted by Crippen LogP contribution is -2.26. The van der Waals surface area contributed by atoms with Crippen LogP contribution >= 0.6 is 0 Å². The molecule has 0 aliphatic carbocycles. The van der Waals surface area contributed by atoms with E-state index in [0.717, 1.165) is 10.9 Å². The lowest BCUT2D eigenvalue weighted by Gasteiger charge is -2.19. The molecule has 0 fully saturated rings. The molecule has 1 heterocycles. The molecule has 3 aromatic rings. The monoisotopic (exact) mass is 311 g/mol. The summed E-state index contributed by atoms with van der Waals surface area (Å²) in [6.45, 7) is 5.46. The highest BCUT2D eigenvalue weighted by Gasteiger charge is 2.19. The molecule has 4 heteroatoms. The second-order valence-electron chi connectivity index (χ2n) is 6.42. The summed E-state index contributed by atoms with van der Waals surface area (Å²) in [4.78, 5) is 12.3. The smallest absolute Gasteiger partial charge is 0.418 e. The number of hydrogen-bond acceptors (Lipinski definition) is 2. The summed E-state index contributed by atoms with van der Waals surface area (Å²) in [5.74, 6) is -0.290. The van der Waals surface area contributed by atoms with Crippen molar-refractivity contribution in [3.63, 3.8) is 0 Å².